The Morgan fingerprint density at radius 3 is 2.71 bits per heavy atom. The molecule has 158 valence electrons. The predicted molar refractivity (Wildman–Crippen MR) is 121 cm³/mol. The maximum absolute atomic E-state index is 13.3. The van der Waals surface area contributed by atoms with Gasteiger partial charge in [-0.3, -0.25) is 14.6 Å². The van der Waals surface area contributed by atoms with Gasteiger partial charge < -0.3 is 9.80 Å². The van der Waals surface area contributed by atoms with Crippen molar-refractivity contribution in [1.82, 2.24) is 14.8 Å². The zero-order valence-corrected chi connectivity index (χ0v) is 17.8. The summed E-state index contributed by atoms with van der Waals surface area (Å²) in [4.78, 5) is 34.9. The van der Waals surface area contributed by atoms with Crippen molar-refractivity contribution in [2.75, 3.05) is 19.6 Å². The first-order valence-electron chi connectivity index (χ1n) is 11.1. The smallest absolute Gasteiger partial charge is 0.253 e. The second-order valence-corrected chi connectivity index (χ2v) is 8.75. The normalized spacial score (nSPS) is 21.7. The molecule has 0 saturated carbocycles. The maximum Gasteiger partial charge on any atom is 0.253 e. The van der Waals surface area contributed by atoms with Gasteiger partial charge in [0, 0.05) is 36.8 Å². The quantitative estimate of drug-likeness (QED) is 0.650. The van der Waals surface area contributed by atoms with Gasteiger partial charge in [0.25, 0.3) is 5.91 Å². The minimum Gasteiger partial charge on any atom is -0.337 e. The minimum atomic E-state index is -0.169. The summed E-state index contributed by atoms with van der Waals surface area (Å²) < 4.78 is 0. The van der Waals surface area contributed by atoms with Gasteiger partial charge in [-0.15, -0.1) is 0 Å². The summed E-state index contributed by atoms with van der Waals surface area (Å²) in [5, 5.41) is 0.971. The Kier molecular flexibility index (Phi) is 5.18. The van der Waals surface area contributed by atoms with Crippen LogP contribution in [0.4, 0.5) is 0 Å². The number of benzene rings is 2. The molecule has 3 aromatic rings. The van der Waals surface area contributed by atoms with Crippen molar-refractivity contribution in [3.05, 3.63) is 78.0 Å². The second kappa shape index (κ2) is 8.14. The van der Waals surface area contributed by atoms with E-state index in [0.717, 1.165) is 42.4 Å². The van der Waals surface area contributed by atoms with Crippen molar-refractivity contribution in [3.63, 3.8) is 0 Å². The zero-order chi connectivity index (χ0) is 21.4. The summed E-state index contributed by atoms with van der Waals surface area (Å²) in [5.41, 5.74) is 2.63. The topological polar surface area (TPSA) is 53.5 Å². The lowest BCUT2D eigenvalue weighted by molar-refractivity contribution is -0.136. The number of carbonyl (C=O) groups is 2. The molecule has 2 aliphatic rings. The molecule has 2 fully saturated rings. The molecule has 3 heterocycles. The van der Waals surface area contributed by atoms with Crippen molar-refractivity contribution in [2.45, 2.75) is 31.7 Å². The van der Waals surface area contributed by atoms with E-state index in [1.54, 1.807) is 6.20 Å². The predicted octanol–water partition coefficient (Wildman–Crippen LogP) is 4.10. The second-order valence-electron chi connectivity index (χ2n) is 8.75. The lowest BCUT2D eigenvalue weighted by atomic mass is 9.90. The molecule has 1 aromatic heterocycles. The van der Waals surface area contributed by atoms with E-state index in [1.165, 1.54) is 0 Å². The number of aromatic nitrogens is 1. The summed E-state index contributed by atoms with van der Waals surface area (Å²) in [7, 11) is 0. The van der Waals surface area contributed by atoms with Gasteiger partial charge >= 0.3 is 0 Å². The van der Waals surface area contributed by atoms with Crippen LogP contribution in [-0.4, -0.2) is 52.3 Å². The first kappa shape index (κ1) is 19.7. The van der Waals surface area contributed by atoms with E-state index in [-0.39, 0.29) is 23.8 Å². The largest absolute Gasteiger partial charge is 0.337 e. The van der Waals surface area contributed by atoms with Crippen molar-refractivity contribution >= 4 is 22.7 Å². The van der Waals surface area contributed by atoms with Crippen LogP contribution in [0.1, 0.15) is 41.6 Å². The third kappa shape index (κ3) is 3.69. The molecular weight excluding hydrogens is 386 g/mol. The van der Waals surface area contributed by atoms with E-state index in [1.807, 2.05) is 77.4 Å². The van der Waals surface area contributed by atoms with Crippen LogP contribution in [0.25, 0.3) is 10.9 Å². The molecule has 0 N–H and O–H groups in total. The Hall–Kier alpha value is -3.21. The highest BCUT2D eigenvalue weighted by atomic mass is 16.2. The molecule has 0 bridgehead atoms. The van der Waals surface area contributed by atoms with E-state index in [0.29, 0.717) is 18.0 Å². The third-order valence-electron chi connectivity index (χ3n) is 6.87. The highest BCUT2D eigenvalue weighted by Gasteiger charge is 2.43. The molecule has 2 aromatic carbocycles. The van der Waals surface area contributed by atoms with Gasteiger partial charge in [-0.1, -0.05) is 36.4 Å². The molecule has 1 unspecified atom stereocenters. The number of fused-ring (bicyclic) bond motifs is 2. The Labute approximate surface area is 182 Å². The standard InChI is InChI=1S/C26H27N3O2/c1-18(19-7-3-2-4-8-19)25(30)29-14-6-10-22-16-28(17-24(22)29)26(31)21-11-12-23-20(15-21)9-5-13-27-23/h2-5,7-9,11-13,15,18,22,24H,6,10,14,16-17H2,1H3/t18?,22-,24+/m0/s1. The van der Waals surface area contributed by atoms with Gasteiger partial charge in [-0.2, -0.15) is 0 Å². The number of pyridine rings is 1. The molecule has 5 rings (SSSR count). The molecule has 0 spiro atoms. The molecular formula is C26H27N3O2. The highest BCUT2D eigenvalue weighted by Crippen LogP contribution is 2.33. The Morgan fingerprint density at radius 2 is 1.87 bits per heavy atom. The number of nitrogens with zero attached hydrogens (tertiary/aromatic N) is 3. The van der Waals surface area contributed by atoms with E-state index in [9.17, 15) is 9.59 Å². The number of amides is 2. The van der Waals surface area contributed by atoms with Crippen LogP contribution in [-0.2, 0) is 4.79 Å². The van der Waals surface area contributed by atoms with E-state index in [2.05, 4.69) is 4.98 Å². The summed E-state index contributed by atoms with van der Waals surface area (Å²) >= 11 is 0. The van der Waals surface area contributed by atoms with Crippen molar-refractivity contribution in [3.8, 4) is 0 Å². The average Bonchev–Trinajstić information content (AvgIpc) is 3.27. The molecule has 31 heavy (non-hydrogen) atoms. The molecule has 2 aliphatic heterocycles. The van der Waals surface area contributed by atoms with Crippen LogP contribution in [0.5, 0.6) is 0 Å². The molecule has 0 radical (unpaired) electrons. The fourth-order valence-corrected chi connectivity index (χ4v) is 5.14. The monoisotopic (exact) mass is 413 g/mol. The number of carbonyl (C=O) groups excluding carboxylic acids is 2. The van der Waals surface area contributed by atoms with Crippen LogP contribution in [0.3, 0.4) is 0 Å². The van der Waals surface area contributed by atoms with Gasteiger partial charge in [0.15, 0.2) is 0 Å². The number of likely N-dealkylation sites (tertiary alicyclic amines) is 2. The van der Waals surface area contributed by atoms with Gasteiger partial charge in [0.05, 0.1) is 17.5 Å². The van der Waals surface area contributed by atoms with Gasteiger partial charge in [-0.05, 0) is 55.5 Å². The number of rotatable bonds is 3. The minimum absolute atomic E-state index is 0.0451. The van der Waals surface area contributed by atoms with Crippen LogP contribution in [0, 0.1) is 5.92 Å². The molecule has 5 nitrogen and oxygen atoms in total. The molecule has 2 amide bonds. The van der Waals surface area contributed by atoms with E-state index < -0.39 is 0 Å². The highest BCUT2D eigenvalue weighted by molar-refractivity contribution is 5.98. The van der Waals surface area contributed by atoms with Gasteiger partial charge in [0.2, 0.25) is 5.91 Å². The SMILES string of the molecule is CC(C(=O)N1CCC[C@H]2CN(C(=O)c3ccc4ncccc4c3)C[C@H]21)c1ccccc1. The van der Waals surface area contributed by atoms with Crippen molar-refractivity contribution < 1.29 is 9.59 Å². The lowest BCUT2D eigenvalue weighted by Gasteiger charge is -2.38. The average molecular weight is 414 g/mol. The third-order valence-corrected chi connectivity index (χ3v) is 6.87. The number of hydrogen-bond acceptors (Lipinski definition) is 3. The number of hydrogen-bond donors (Lipinski definition) is 0. The summed E-state index contributed by atoms with van der Waals surface area (Å²) in [6, 6.07) is 19.6. The van der Waals surface area contributed by atoms with Gasteiger partial charge in [0.1, 0.15) is 0 Å². The summed E-state index contributed by atoms with van der Waals surface area (Å²) in [6.45, 7) is 4.10. The van der Waals surface area contributed by atoms with E-state index in [4.69, 9.17) is 0 Å². The van der Waals surface area contributed by atoms with Crippen LogP contribution >= 0.6 is 0 Å². The molecule has 3 atom stereocenters. The molecule has 5 heteroatoms. The first-order chi connectivity index (χ1) is 15.1. The van der Waals surface area contributed by atoms with Gasteiger partial charge in [-0.25, -0.2) is 0 Å². The summed E-state index contributed by atoms with van der Waals surface area (Å²) in [6.07, 6.45) is 3.83. The molecule has 0 aliphatic carbocycles. The Bertz CT molecular complexity index is 1110. The summed E-state index contributed by atoms with van der Waals surface area (Å²) in [5.74, 6) is 0.403. The first-order valence-corrected chi connectivity index (χ1v) is 11.1. The van der Waals surface area contributed by atoms with E-state index >= 15 is 0 Å². The zero-order valence-electron chi connectivity index (χ0n) is 17.8. The number of piperidine rings is 1. The fraction of sp³-hybridized carbons (Fsp3) is 0.346. The lowest BCUT2D eigenvalue weighted by Crippen LogP contribution is -2.49. The van der Waals surface area contributed by atoms with Crippen LogP contribution in [0.2, 0.25) is 0 Å². The molecule has 2 saturated heterocycles. The Morgan fingerprint density at radius 1 is 1.03 bits per heavy atom. The fourth-order valence-electron chi connectivity index (χ4n) is 5.14. The Balaban J connectivity index is 1.34. The van der Waals surface area contributed by atoms with Crippen molar-refractivity contribution in [2.24, 2.45) is 5.92 Å². The van der Waals surface area contributed by atoms with Crippen LogP contribution < -0.4 is 0 Å². The van der Waals surface area contributed by atoms with Crippen molar-refractivity contribution in [1.29, 1.82) is 0 Å². The van der Waals surface area contributed by atoms with Crippen LogP contribution in [0.15, 0.2) is 66.9 Å². The maximum atomic E-state index is 13.3.